The van der Waals surface area contributed by atoms with E-state index in [0.717, 1.165) is 29.3 Å². The number of halogens is 1. The molecule has 29 heavy (non-hydrogen) atoms. The Morgan fingerprint density at radius 1 is 1.34 bits per heavy atom. The minimum Gasteiger partial charge on any atom is -0.337 e. The molecule has 2 saturated carbocycles. The van der Waals surface area contributed by atoms with Crippen LogP contribution >= 0.6 is 34.9 Å². The third-order valence-electron chi connectivity index (χ3n) is 5.61. The Bertz CT molecular complexity index is 1040. The fourth-order valence-electron chi connectivity index (χ4n) is 3.85. The van der Waals surface area contributed by atoms with E-state index in [1.807, 2.05) is 18.2 Å². The molecule has 0 saturated heterocycles. The zero-order valence-corrected chi connectivity index (χ0v) is 18.3. The molecule has 1 unspecified atom stereocenters. The van der Waals surface area contributed by atoms with Crippen molar-refractivity contribution in [3.63, 3.8) is 0 Å². The van der Waals surface area contributed by atoms with E-state index in [1.165, 1.54) is 23.1 Å². The molecule has 3 N–H and O–H groups in total. The predicted molar refractivity (Wildman–Crippen MR) is 120 cm³/mol. The minimum atomic E-state index is -0.327. The predicted octanol–water partition coefficient (Wildman–Crippen LogP) is 5.06. The molecule has 1 aromatic carbocycles. The van der Waals surface area contributed by atoms with Gasteiger partial charge in [0.15, 0.2) is 0 Å². The third kappa shape index (κ3) is 4.33. The SMILES string of the molecule is NC(CC1CC(n2sc3ccc(Cl)cc32)C1)NC(=O)c1ccnc(SC2CC2)c1. The molecule has 0 spiro atoms. The highest BCUT2D eigenvalue weighted by Gasteiger charge is 2.33. The Morgan fingerprint density at radius 2 is 2.17 bits per heavy atom. The summed E-state index contributed by atoms with van der Waals surface area (Å²) in [4.78, 5) is 16.9. The van der Waals surface area contributed by atoms with E-state index in [-0.39, 0.29) is 12.1 Å². The lowest BCUT2D eigenvalue weighted by Gasteiger charge is -2.39. The number of rotatable bonds is 7. The molecule has 0 bridgehead atoms. The summed E-state index contributed by atoms with van der Waals surface area (Å²) in [5.41, 5.74) is 8.10. The summed E-state index contributed by atoms with van der Waals surface area (Å²) in [5.74, 6) is 0.424. The lowest BCUT2D eigenvalue weighted by atomic mass is 9.77. The molecule has 0 aliphatic heterocycles. The van der Waals surface area contributed by atoms with Crippen molar-refractivity contribution in [2.45, 2.75) is 54.6 Å². The average molecular weight is 447 g/mol. The van der Waals surface area contributed by atoms with Crippen LogP contribution in [0.15, 0.2) is 41.6 Å². The Balaban J connectivity index is 1.11. The van der Waals surface area contributed by atoms with Crippen LogP contribution in [-0.2, 0) is 0 Å². The lowest BCUT2D eigenvalue weighted by Crippen LogP contribution is -2.44. The van der Waals surface area contributed by atoms with Gasteiger partial charge >= 0.3 is 0 Å². The van der Waals surface area contributed by atoms with Gasteiger partial charge in [-0.2, -0.15) is 0 Å². The van der Waals surface area contributed by atoms with Crippen molar-refractivity contribution in [3.05, 3.63) is 47.1 Å². The maximum atomic E-state index is 12.5. The molecule has 152 valence electrons. The van der Waals surface area contributed by atoms with E-state index in [4.69, 9.17) is 17.3 Å². The number of hydrogen-bond donors (Lipinski definition) is 2. The second-order valence-corrected chi connectivity index (χ2v) is 10.8. The minimum absolute atomic E-state index is 0.115. The first-order valence-corrected chi connectivity index (χ1v) is 12.0. The summed E-state index contributed by atoms with van der Waals surface area (Å²) >= 11 is 9.67. The van der Waals surface area contributed by atoms with Crippen molar-refractivity contribution in [1.29, 1.82) is 0 Å². The van der Waals surface area contributed by atoms with Crippen LogP contribution < -0.4 is 11.1 Å². The van der Waals surface area contributed by atoms with E-state index in [1.54, 1.807) is 35.6 Å². The molecule has 5 rings (SSSR count). The van der Waals surface area contributed by atoms with Gasteiger partial charge < -0.3 is 11.1 Å². The molecule has 2 heterocycles. The second kappa shape index (κ2) is 7.95. The number of aromatic nitrogens is 2. The molecular formula is C21H23ClN4OS2. The van der Waals surface area contributed by atoms with Crippen molar-refractivity contribution >= 4 is 51.0 Å². The highest BCUT2D eigenvalue weighted by molar-refractivity contribution is 8.00. The summed E-state index contributed by atoms with van der Waals surface area (Å²) in [6, 6.07) is 10.2. The molecule has 5 nitrogen and oxygen atoms in total. The first kappa shape index (κ1) is 19.4. The number of pyridine rings is 1. The summed E-state index contributed by atoms with van der Waals surface area (Å²) in [5, 5.41) is 5.32. The Hall–Kier alpha value is -1.54. The molecule has 2 aromatic heterocycles. The van der Waals surface area contributed by atoms with Crippen molar-refractivity contribution in [2.75, 3.05) is 0 Å². The summed E-state index contributed by atoms with van der Waals surface area (Å²) in [6.07, 6.45) is 6.86. The normalized spacial score (nSPS) is 22.4. The number of carbonyl (C=O) groups is 1. The van der Waals surface area contributed by atoms with Crippen molar-refractivity contribution in [1.82, 2.24) is 14.3 Å². The fraction of sp³-hybridized carbons (Fsp3) is 0.429. The average Bonchev–Trinajstić information content (AvgIpc) is 3.46. The van der Waals surface area contributed by atoms with E-state index in [9.17, 15) is 4.79 Å². The standard InChI is InChI=1S/C21H23ClN4OS2/c22-14-1-4-18-17(11-14)26(29-18)15-7-12(8-15)9-19(23)25-21(27)13-5-6-24-20(10-13)28-16-2-3-16/h1,4-6,10-12,15-16,19H,2-3,7-9,23H2,(H,25,27). The highest BCUT2D eigenvalue weighted by atomic mass is 35.5. The number of amides is 1. The molecule has 2 aliphatic rings. The number of nitrogens with two attached hydrogens (primary N) is 1. The smallest absolute Gasteiger partial charge is 0.252 e. The lowest BCUT2D eigenvalue weighted by molar-refractivity contribution is 0.0920. The second-order valence-electron chi connectivity index (χ2n) is 8.04. The van der Waals surface area contributed by atoms with Crippen molar-refractivity contribution in [2.24, 2.45) is 11.7 Å². The van der Waals surface area contributed by atoms with Gasteiger partial charge in [0.2, 0.25) is 0 Å². The maximum absolute atomic E-state index is 12.5. The van der Waals surface area contributed by atoms with Crippen LogP contribution in [0.3, 0.4) is 0 Å². The van der Waals surface area contributed by atoms with Crippen LogP contribution in [0.25, 0.3) is 10.2 Å². The third-order valence-corrected chi connectivity index (χ3v) is 8.35. The van der Waals surface area contributed by atoms with Gasteiger partial charge in [-0.05, 0) is 68.4 Å². The quantitative estimate of drug-likeness (QED) is 0.497. The topological polar surface area (TPSA) is 72.9 Å². The van der Waals surface area contributed by atoms with Crippen LogP contribution in [0.2, 0.25) is 5.02 Å². The van der Waals surface area contributed by atoms with Gasteiger partial charge in [0.25, 0.3) is 5.91 Å². The fourth-order valence-corrected chi connectivity index (χ4v) is 6.08. The number of carbonyl (C=O) groups excluding carboxylic acids is 1. The Labute approximate surface area is 183 Å². The van der Waals surface area contributed by atoms with Crippen molar-refractivity contribution < 1.29 is 4.79 Å². The molecule has 3 aromatic rings. The van der Waals surface area contributed by atoms with Gasteiger partial charge in [-0.1, -0.05) is 23.1 Å². The van der Waals surface area contributed by atoms with Gasteiger partial charge in [-0.15, -0.1) is 11.8 Å². The van der Waals surface area contributed by atoms with E-state index >= 15 is 0 Å². The zero-order chi connectivity index (χ0) is 20.0. The van der Waals surface area contributed by atoms with Gasteiger partial charge in [-0.25, -0.2) is 4.98 Å². The van der Waals surface area contributed by atoms with E-state index < -0.39 is 0 Å². The van der Waals surface area contributed by atoms with Crippen LogP contribution in [0.1, 0.15) is 48.5 Å². The van der Waals surface area contributed by atoms with Gasteiger partial charge in [0.1, 0.15) is 0 Å². The highest BCUT2D eigenvalue weighted by Crippen LogP contribution is 2.45. The van der Waals surface area contributed by atoms with Gasteiger partial charge in [0.05, 0.1) is 21.4 Å². The van der Waals surface area contributed by atoms with Crippen molar-refractivity contribution in [3.8, 4) is 0 Å². The molecule has 8 heteroatoms. The van der Waals surface area contributed by atoms with E-state index in [2.05, 4.69) is 20.3 Å². The summed E-state index contributed by atoms with van der Waals surface area (Å²) in [6.45, 7) is 0. The maximum Gasteiger partial charge on any atom is 0.252 e. The molecule has 2 fully saturated rings. The Kier molecular flexibility index (Phi) is 5.32. The number of benzene rings is 1. The van der Waals surface area contributed by atoms with Gasteiger partial charge in [0, 0.05) is 28.1 Å². The Morgan fingerprint density at radius 3 is 2.97 bits per heavy atom. The summed E-state index contributed by atoms with van der Waals surface area (Å²) < 4.78 is 3.65. The molecule has 1 atom stereocenters. The largest absolute Gasteiger partial charge is 0.337 e. The first-order chi connectivity index (χ1) is 14.0. The molecule has 0 radical (unpaired) electrons. The number of thioether (sulfide) groups is 1. The number of nitrogens with zero attached hydrogens (tertiary/aromatic N) is 2. The monoisotopic (exact) mass is 446 g/mol. The number of fused-ring (bicyclic) bond motifs is 1. The molecule has 2 aliphatic carbocycles. The van der Waals surface area contributed by atoms with Gasteiger partial charge in [-0.3, -0.25) is 8.75 Å². The van der Waals surface area contributed by atoms with Crippen LogP contribution in [-0.4, -0.2) is 26.3 Å². The van der Waals surface area contributed by atoms with Crippen LogP contribution in [0.5, 0.6) is 0 Å². The summed E-state index contributed by atoms with van der Waals surface area (Å²) in [7, 11) is 0. The molecular weight excluding hydrogens is 424 g/mol. The zero-order valence-electron chi connectivity index (χ0n) is 15.9. The number of hydrogen-bond acceptors (Lipinski definition) is 5. The first-order valence-electron chi connectivity index (χ1n) is 10.0. The van der Waals surface area contributed by atoms with Crippen LogP contribution in [0, 0.1) is 5.92 Å². The van der Waals surface area contributed by atoms with E-state index in [0.29, 0.717) is 22.8 Å². The van der Waals surface area contributed by atoms with Crippen LogP contribution in [0.4, 0.5) is 0 Å². The molecule has 1 amide bonds. The number of nitrogens with one attached hydrogen (secondary N) is 1.